The summed E-state index contributed by atoms with van der Waals surface area (Å²) in [6, 6.07) is 4.97. The Kier molecular flexibility index (Phi) is 4.04. The zero-order valence-electron chi connectivity index (χ0n) is 10.4. The van der Waals surface area contributed by atoms with Gasteiger partial charge in [-0.3, -0.25) is 4.79 Å². The smallest absolute Gasteiger partial charge is 0.269 e. The maximum absolute atomic E-state index is 11.8. The number of pyridine rings is 1. The zero-order valence-corrected chi connectivity index (χ0v) is 10.4. The van der Waals surface area contributed by atoms with Crippen LogP contribution in [-0.2, 0) is 6.42 Å². The van der Waals surface area contributed by atoms with E-state index in [2.05, 4.69) is 25.9 Å². The van der Waals surface area contributed by atoms with Gasteiger partial charge < -0.3 is 15.3 Å². The number of hydrogen-bond donors (Lipinski definition) is 3. The normalized spacial score (nSPS) is 10.2. The molecule has 2 heterocycles. The summed E-state index contributed by atoms with van der Waals surface area (Å²) < 4.78 is 4.83. The number of rotatable bonds is 5. The Hall–Kier alpha value is -2.48. The van der Waals surface area contributed by atoms with E-state index in [9.17, 15) is 4.79 Å². The highest BCUT2D eigenvalue weighted by Gasteiger charge is 2.08. The molecule has 0 unspecified atom stereocenters. The fourth-order valence-electron chi connectivity index (χ4n) is 1.46. The summed E-state index contributed by atoms with van der Waals surface area (Å²) in [6.45, 7) is 2.12. The predicted molar refractivity (Wildman–Crippen MR) is 67.1 cm³/mol. The molecule has 8 nitrogen and oxygen atoms in total. The SMILES string of the molecule is Cc1nc(CCNC(=O)c2cccc(NN)n2)no1. The van der Waals surface area contributed by atoms with E-state index in [1.54, 1.807) is 25.1 Å². The van der Waals surface area contributed by atoms with Crippen LogP contribution >= 0.6 is 0 Å². The first-order valence-electron chi connectivity index (χ1n) is 5.70. The molecule has 19 heavy (non-hydrogen) atoms. The fourth-order valence-corrected chi connectivity index (χ4v) is 1.46. The summed E-state index contributed by atoms with van der Waals surface area (Å²) in [5.74, 6) is 6.44. The number of hydrogen-bond acceptors (Lipinski definition) is 7. The quantitative estimate of drug-likeness (QED) is 0.513. The van der Waals surface area contributed by atoms with Gasteiger partial charge in [0.1, 0.15) is 11.5 Å². The van der Waals surface area contributed by atoms with Crippen LogP contribution in [0, 0.1) is 6.92 Å². The van der Waals surface area contributed by atoms with Crippen molar-refractivity contribution in [1.29, 1.82) is 0 Å². The van der Waals surface area contributed by atoms with Crippen molar-refractivity contribution < 1.29 is 9.32 Å². The molecule has 0 aliphatic carbocycles. The van der Waals surface area contributed by atoms with E-state index in [4.69, 9.17) is 10.4 Å². The van der Waals surface area contributed by atoms with Crippen LogP contribution in [0.2, 0.25) is 0 Å². The largest absolute Gasteiger partial charge is 0.350 e. The van der Waals surface area contributed by atoms with Gasteiger partial charge in [-0.1, -0.05) is 11.2 Å². The molecule has 0 aliphatic heterocycles. The van der Waals surface area contributed by atoms with E-state index < -0.39 is 0 Å². The van der Waals surface area contributed by atoms with Crippen LogP contribution in [0.25, 0.3) is 0 Å². The lowest BCUT2D eigenvalue weighted by Gasteiger charge is -2.04. The average molecular weight is 262 g/mol. The van der Waals surface area contributed by atoms with Crippen molar-refractivity contribution in [2.75, 3.05) is 12.0 Å². The number of nitrogen functional groups attached to an aromatic ring is 1. The zero-order chi connectivity index (χ0) is 13.7. The van der Waals surface area contributed by atoms with Crippen molar-refractivity contribution in [2.24, 2.45) is 5.84 Å². The summed E-state index contributed by atoms with van der Waals surface area (Å²) in [7, 11) is 0. The van der Waals surface area contributed by atoms with Gasteiger partial charge in [-0.2, -0.15) is 4.98 Å². The van der Waals surface area contributed by atoms with Crippen LogP contribution in [0.3, 0.4) is 0 Å². The number of aromatic nitrogens is 3. The minimum atomic E-state index is -0.280. The van der Waals surface area contributed by atoms with Crippen LogP contribution in [0.4, 0.5) is 5.82 Å². The van der Waals surface area contributed by atoms with Gasteiger partial charge in [-0.25, -0.2) is 10.8 Å². The molecule has 0 atom stereocenters. The van der Waals surface area contributed by atoms with Crippen LogP contribution < -0.4 is 16.6 Å². The number of anilines is 1. The van der Waals surface area contributed by atoms with Gasteiger partial charge in [-0.05, 0) is 12.1 Å². The Bertz CT molecular complexity index is 568. The van der Waals surface area contributed by atoms with E-state index in [0.29, 0.717) is 36.2 Å². The summed E-state index contributed by atoms with van der Waals surface area (Å²) in [5, 5.41) is 6.45. The monoisotopic (exact) mass is 262 g/mol. The number of carbonyl (C=O) groups excluding carboxylic acids is 1. The Labute approximate surface area is 109 Å². The predicted octanol–water partition coefficient (Wildman–Crippen LogP) is 0.0311. The van der Waals surface area contributed by atoms with Gasteiger partial charge in [-0.15, -0.1) is 0 Å². The number of aryl methyl sites for hydroxylation is 1. The Balaban J connectivity index is 1.87. The molecule has 0 aliphatic rings. The summed E-state index contributed by atoms with van der Waals surface area (Å²) in [4.78, 5) is 19.9. The van der Waals surface area contributed by atoms with Crippen LogP contribution in [-0.4, -0.2) is 27.6 Å². The summed E-state index contributed by atoms with van der Waals surface area (Å²) in [5.41, 5.74) is 2.67. The van der Waals surface area contributed by atoms with E-state index in [1.165, 1.54) is 0 Å². The van der Waals surface area contributed by atoms with E-state index >= 15 is 0 Å². The molecule has 2 aromatic rings. The molecular formula is C11H14N6O2. The minimum absolute atomic E-state index is 0.280. The Morgan fingerprint density at radius 3 is 2.95 bits per heavy atom. The topological polar surface area (TPSA) is 119 Å². The van der Waals surface area contributed by atoms with Crippen molar-refractivity contribution in [1.82, 2.24) is 20.4 Å². The molecular weight excluding hydrogens is 248 g/mol. The van der Waals surface area contributed by atoms with E-state index in [1.807, 2.05) is 0 Å². The number of carbonyl (C=O) groups is 1. The lowest BCUT2D eigenvalue weighted by molar-refractivity contribution is 0.0949. The van der Waals surface area contributed by atoms with Crippen LogP contribution in [0.15, 0.2) is 22.7 Å². The third-order valence-electron chi connectivity index (χ3n) is 2.33. The molecule has 0 aromatic carbocycles. The standard InChI is InChI=1S/C11H14N6O2/c1-7-14-10(17-19-7)5-6-13-11(18)8-3-2-4-9(15-8)16-12/h2-4H,5-6,12H2,1H3,(H,13,18)(H,15,16). The molecule has 2 aromatic heterocycles. The van der Waals surface area contributed by atoms with Gasteiger partial charge in [0.25, 0.3) is 5.91 Å². The summed E-state index contributed by atoms with van der Waals surface area (Å²) >= 11 is 0. The molecule has 0 spiro atoms. The second-order valence-corrected chi connectivity index (χ2v) is 3.79. The summed E-state index contributed by atoms with van der Waals surface area (Å²) in [6.07, 6.45) is 0.498. The molecule has 0 radical (unpaired) electrons. The number of nitrogens with two attached hydrogens (primary N) is 1. The molecule has 0 saturated heterocycles. The average Bonchev–Trinajstić information content (AvgIpc) is 2.84. The molecule has 100 valence electrons. The number of hydrazine groups is 1. The van der Waals surface area contributed by atoms with Crippen LogP contribution in [0.1, 0.15) is 22.2 Å². The minimum Gasteiger partial charge on any atom is -0.350 e. The molecule has 0 bridgehead atoms. The molecule has 1 amide bonds. The highest BCUT2D eigenvalue weighted by Crippen LogP contribution is 2.03. The second-order valence-electron chi connectivity index (χ2n) is 3.79. The van der Waals surface area contributed by atoms with Crippen molar-refractivity contribution in [3.63, 3.8) is 0 Å². The van der Waals surface area contributed by atoms with Crippen molar-refractivity contribution in [3.8, 4) is 0 Å². The van der Waals surface area contributed by atoms with Crippen molar-refractivity contribution >= 4 is 11.7 Å². The van der Waals surface area contributed by atoms with Gasteiger partial charge in [0.05, 0.1) is 0 Å². The lowest BCUT2D eigenvalue weighted by atomic mass is 10.3. The third kappa shape index (κ3) is 3.49. The highest BCUT2D eigenvalue weighted by molar-refractivity contribution is 5.92. The maximum atomic E-state index is 11.8. The molecule has 2 rings (SSSR count). The maximum Gasteiger partial charge on any atom is 0.269 e. The van der Waals surface area contributed by atoms with Gasteiger partial charge in [0, 0.05) is 19.9 Å². The van der Waals surface area contributed by atoms with Gasteiger partial charge in [0.2, 0.25) is 5.89 Å². The van der Waals surface area contributed by atoms with E-state index in [-0.39, 0.29) is 5.91 Å². The second kappa shape index (κ2) is 5.91. The third-order valence-corrected chi connectivity index (χ3v) is 2.33. The first-order valence-corrected chi connectivity index (χ1v) is 5.70. The highest BCUT2D eigenvalue weighted by atomic mass is 16.5. The Morgan fingerprint density at radius 1 is 1.42 bits per heavy atom. The van der Waals surface area contributed by atoms with Crippen LogP contribution in [0.5, 0.6) is 0 Å². The Morgan fingerprint density at radius 2 is 2.26 bits per heavy atom. The molecule has 8 heteroatoms. The first kappa shape index (κ1) is 13.0. The molecule has 0 saturated carbocycles. The fraction of sp³-hybridized carbons (Fsp3) is 0.273. The van der Waals surface area contributed by atoms with Crippen molar-refractivity contribution in [2.45, 2.75) is 13.3 Å². The number of nitrogens with zero attached hydrogens (tertiary/aromatic N) is 3. The number of nitrogens with one attached hydrogen (secondary N) is 2. The molecule has 0 fully saturated rings. The molecule has 4 N–H and O–H groups in total. The van der Waals surface area contributed by atoms with Gasteiger partial charge >= 0.3 is 0 Å². The first-order chi connectivity index (χ1) is 9.19. The lowest BCUT2D eigenvalue weighted by Crippen LogP contribution is -2.27. The van der Waals surface area contributed by atoms with Gasteiger partial charge in [0.15, 0.2) is 5.82 Å². The van der Waals surface area contributed by atoms with Crippen molar-refractivity contribution in [3.05, 3.63) is 35.6 Å². The number of amides is 1. The van der Waals surface area contributed by atoms with E-state index in [0.717, 1.165) is 0 Å².